The Morgan fingerprint density at radius 1 is 0.889 bits per heavy atom. The summed E-state index contributed by atoms with van der Waals surface area (Å²) in [5, 5.41) is 6.43. The minimum Gasteiger partial charge on any atom is -0.326 e. The number of nitrogens with one attached hydrogen (secondary N) is 2. The van der Waals surface area contributed by atoms with Crippen LogP contribution in [0.5, 0.6) is 0 Å². The molecular formula is C22H29ClN2O2. The van der Waals surface area contributed by atoms with Gasteiger partial charge in [-0.3, -0.25) is 9.59 Å². The average molecular weight is 389 g/mol. The van der Waals surface area contributed by atoms with E-state index < -0.39 is 0 Å². The molecule has 146 valence electrons. The molecule has 1 aromatic carbocycles. The molecule has 0 saturated heterocycles. The molecule has 0 aliphatic heterocycles. The van der Waals surface area contributed by atoms with Crippen molar-refractivity contribution in [3.63, 3.8) is 0 Å². The molecule has 2 rings (SSSR count). The second-order valence-electron chi connectivity index (χ2n) is 6.87. The van der Waals surface area contributed by atoms with Crippen molar-refractivity contribution >= 4 is 29.1 Å². The average Bonchev–Trinajstić information content (AvgIpc) is 2.64. The van der Waals surface area contributed by atoms with Gasteiger partial charge in [0.2, 0.25) is 11.8 Å². The molecule has 0 fully saturated rings. The normalized spacial score (nSPS) is 13.1. The van der Waals surface area contributed by atoms with Crippen LogP contribution in [0.15, 0.2) is 48.2 Å². The monoisotopic (exact) mass is 388 g/mol. The van der Waals surface area contributed by atoms with Crippen molar-refractivity contribution in [2.45, 2.75) is 64.2 Å². The van der Waals surface area contributed by atoms with Crippen LogP contribution in [0.2, 0.25) is 5.02 Å². The molecule has 1 aliphatic carbocycles. The van der Waals surface area contributed by atoms with Gasteiger partial charge in [0.05, 0.1) is 0 Å². The van der Waals surface area contributed by atoms with Gasteiger partial charge >= 0.3 is 0 Å². The second kappa shape index (κ2) is 12.3. The lowest BCUT2D eigenvalue weighted by molar-refractivity contribution is -0.120. The maximum Gasteiger partial charge on any atom is 0.224 e. The second-order valence-corrected chi connectivity index (χ2v) is 7.30. The van der Waals surface area contributed by atoms with Gasteiger partial charge < -0.3 is 10.6 Å². The fraction of sp³-hybridized carbons (Fsp3) is 0.455. The molecule has 27 heavy (non-hydrogen) atoms. The van der Waals surface area contributed by atoms with Gasteiger partial charge in [-0.15, -0.1) is 0 Å². The summed E-state index contributed by atoms with van der Waals surface area (Å²) in [7, 11) is 0. The number of anilines is 1. The van der Waals surface area contributed by atoms with Crippen LogP contribution in [0.4, 0.5) is 5.69 Å². The molecule has 0 spiro atoms. The van der Waals surface area contributed by atoms with E-state index in [4.69, 9.17) is 11.6 Å². The van der Waals surface area contributed by atoms with E-state index in [0.717, 1.165) is 62.8 Å². The van der Waals surface area contributed by atoms with E-state index in [2.05, 4.69) is 22.8 Å². The first-order valence-electron chi connectivity index (χ1n) is 9.85. The van der Waals surface area contributed by atoms with Crippen molar-refractivity contribution in [2.24, 2.45) is 0 Å². The van der Waals surface area contributed by atoms with Crippen LogP contribution in [0, 0.1) is 0 Å². The number of unbranched alkanes of at least 4 members (excludes halogenated alkanes) is 5. The maximum absolute atomic E-state index is 11.9. The first-order chi connectivity index (χ1) is 13.1. The zero-order valence-corrected chi connectivity index (χ0v) is 16.6. The topological polar surface area (TPSA) is 58.2 Å². The lowest BCUT2D eigenvalue weighted by atomic mass is 10.1. The standard InChI is InChI=1S/C22H29ClN2O2/c23-18-11-10-14-20(17-18)25-22(27)16-9-4-2-1-3-8-15-21(26)24-19-12-6-5-7-13-19/h6,10-14,17H,1-5,7-9,15-16H2,(H,24,26)(H,25,27). The zero-order valence-electron chi connectivity index (χ0n) is 15.8. The van der Waals surface area contributed by atoms with Gasteiger partial charge in [-0.25, -0.2) is 0 Å². The summed E-state index contributed by atoms with van der Waals surface area (Å²) < 4.78 is 0. The Balaban J connectivity index is 1.44. The third-order valence-corrected chi connectivity index (χ3v) is 4.68. The minimum absolute atomic E-state index is 0.0278. The van der Waals surface area contributed by atoms with Crippen LogP contribution in [0.1, 0.15) is 64.2 Å². The summed E-state index contributed by atoms with van der Waals surface area (Å²) in [5.74, 6) is 0.130. The zero-order chi connectivity index (χ0) is 19.3. The highest BCUT2D eigenvalue weighted by molar-refractivity contribution is 6.30. The van der Waals surface area contributed by atoms with E-state index in [9.17, 15) is 9.59 Å². The Labute approximate surface area is 167 Å². The third-order valence-electron chi connectivity index (χ3n) is 4.44. The summed E-state index contributed by atoms with van der Waals surface area (Å²) in [4.78, 5) is 23.7. The molecule has 5 heteroatoms. The molecule has 1 aromatic rings. The Kier molecular flexibility index (Phi) is 9.70. The molecule has 0 heterocycles. The van der Waals surface area contributed by atoms with E-state index in [1.165, 1.54) is 0 Å². The summed E-state index contributed by atoms with van der Waals surface area (Å²) in [6.45, 7) is 0. The molecule has 2 N–H and O–H groups in total. The quantitative estimate of drug-likeness (QED) is 0.474. The number of halogens is 1. The van der Waals surface area contributed by atoms with Crippen molar-refractivity contribution in [3.8, 4) is 0 Å². The van der Waals surface area contributed by atoms with E-state index in [-0.39, 0.29) is 11.8 Å². The van der Waals surface area contributed by atoms with Gasteiger partial charge in [-0.1, -0.05) is 55.5 Å². The molecule has 0 atom stereocenters. The van der Waals surface area contributed by atoms with Gasteiger partial charge in [0.1, 0.15) is 0 Å². The molecule has 0 saturated carbocycles. The highest BCUT2D eigenvalue weighted by Gasteiger charge is 2.05. The van der Waals surface area contributed by atoms with Crippen molar-refractivity contribution < 1.29 is 9.59 Å². The number of hydrogen-bond acceptors (Lipinski definition) is 2. The van der Waals surface area contributed by atoms with E-state index in [0.29, 0.717) is 17.9 Å². The van der Waals surface area contributed by atoms with Gasteiger partial charge in [0.15, 0.2) is 0 Å². The highest BCUT2D eigenvalue weighted by atomic mass is 35.5. The third kappa shape index (κ3) is 9.43. The molecule has 0 bridgehead atoms. The number of carbonyl (C=O) groups excluding carboxylic acids is 2. The van der Waals surface area contributed by atoms with Crippen molar-refractivity contribution in [1.82, 2.24) is 5.32 Å². The smallest absolute Gasteiger partial charge is 0.224 e. The Morgan fingerprint density at radius 3 is 2.19 bits per heavy atom. The van der Waals surface area contributed by atoms with Gasteiger partial charge in [-0.2, -0.15) is 0 Å². The highest BCUT2D eigenvalue weighted by Crippen LogP contribution is 2.16. The van der Waals surface area contributed by atoms with Gasteiger partial charge in [0.25, 0.3) is 0 Å². The molecule has 0 radical (unpaired) electrons. The summed E-state index contributed by atoms with van der Waals surface area (Å²) in [6.07, 6.45) is 15.4. The fourth-order valence-corrected chi connectivity index (χ4v) is 3.19. The van der Waals surface area contributed by atoms with E-state index in [1.54, 1.807) is 12.1 Å². The summed E-state index contributed by atoms with van der Waals surface area (Å²) in [6, 6.07) is 7.18. The Bertz CT molecular complexity index is 683. The van der Waals surface area contributed by atoms with Gasteiger partial charge in [0, 0.05) is 29.2 Å². The number of hydrogen-bond donors (Lipinski definition) is 2. The number of carbonyl (C=O) groups is 2. The lowest BCUT2D eigenvalue weighted by Crippen LogP contribution is -2.21. The molecule has 0 aromatic heterocycles. The first kappa shape index (κ1) is 21.2. The number of rotatable bonds is 11. The van der Waals surface area contributed by atoms with E-state index >= 15 is 0 Å². The van der Waals surface area contributed by atoms with Gasteiger partial charge in [-0.05, 0) is 50.0 Å². The molecule has 2 amide bonds. The Morgan fingerprint density at radius 2 is 1.56 bits per heavy atom. The van der Waals surface area contributed by atoms with Crippen LogP contribution in [0.3, 0.4) is 0 Å². The molecule has 4 nitrogen and oxygen atoms in total. The maximum atomic E-state index is 11.9. The largest absolute Gasteiger partial charge is 0.326 e. The van der Waals surface area contributed by atoms with Crippen molar-refractivity contribution in [3.05, 3.63) is 53.2 Å². The van der Waals surface area contributed by atoms with Crippen LogP contribution >= 0.6 is 11.6 Å². The SMILES string of the molecule is O=C(CCCCCCCCC(=O)Nc1cccc(Cl)c1)NC1=CCCC=C1. The van der Waals surface area contributed by atoms with Crippen molar-refractivity contribution in [2.75, 3.05) is 5.32 Å². The fourth-order valence-electron chi connectivity index (χ4n) is 3.00. The predicted octanol–water partition coefficient (Wildman–Crippen LogP) is 5.75. The number of allylic oxidation sites excluding steroid dienone is 3. The van der Waals surface area contributed by atoms with Crippen LogP contribution in [-0.4, -0.2) is 11.8 Å². The first-order valence-corrected chi connectivity index (χ1v) is 10.2. The predicted molar refractivity (Wildman–Crippen MR) is 112 cm³/mol. The van der Waals surface area contributed by atoms with Crippen LogP contribution in [0.25, 0.3) is 0 Å². The van der Waals surface area contributed by atoms with Crippen LogP contribution < -0.4 is 10.6 Å². The number of amides is 2. The molecule has 0 unspecified atom stereocenters. The Hall–Kier alpha value is -2.07. The van der Waals surface area contributed by atoms with Crippen molar-refractivity contribution in [1.29, 1.82) is 0 Å². The van der Waals surface area contributed by atoms with E-state index in [1.807, 2.05) is 18.2 Å². The molecule has 1 aliphatic rings. The molecular weight excluding hydrogens is 360 g/mol. The number of benzene rings is 1. The van der Waals surface area contributed by atoms with Crippen LogP contribution in [-0.2, 0) is 9.59 Å². The summed E-state index contributed by atoms with van der Waals surface area (Å²) >= 11 is 5.90. The summed E-state index contributed by atoms with van der Waals surface area (Å²) in [5.41, 5.74) is 1.67. The lowest BCUT2D eigenvalue weighted by Gasteiger charge is -2.09. The minimum atomic E-state index is 0.0278.